The Bertz CT molecular complexity index is 943. The number of pyridine rings is 1. The first-order valence-electron chi connectivity index (χ1n) is 8.07. The first kappa shape index (κ1) is 15.1. The van der Waals surface area contributed by atoms with Crippen LogP contribution in [0.25, 0.3) is 11.6 Å². The molecule has 1 aliphatic heterocycles. The maximum atomic E-state index is 10.1. The van der Waals surface area contributed by atoms with E-state index in [0.29, 0.717) is 17.5 Å². The van der Waals surface area contributed by atoms with Crippen LogP contribution in [0.3, 0.4) is 0 Å². The van der Waals surface area contributed by atoms with E-state index >= 15 is 0 Å². The molecule has 0 atom stereocenters. The van der Waals surface area contributed by atoms with E-state index in [4.69, 9.17) is 0 Å². The second-order valence-corrected chi connectivity index (χ2v) is 5.72. The van der Waals surface area contributed by atoms with Gasteiger partial charge in [0.15, 0.2) is 5.82 Å². The number of hydrogen-bond donors (Lipinski definition) is 3. The molecule has 25 heavy (non-hydrogen) atoms. The smallest absolute Gasteiger partial charge is 0.238 e. The first-order chi connectivity index (χ1) is 12.3. The molecule has 0 saturated heterocycles. The van der Waals surface area contributed by atoms with Crippen LogP contribution in [-0.4, -0.2) is 32.8 Å². The number of nitrogens with zero attached hydrogens (tertiary/aromatic N) is 3. The molecular weight excluding hydrogens is 314 g/mol. The molecule has 3 aromatic rings. The first-order valence-corrected chi connectivity index (χ1v) is 8.07. The van der Waals surface area contributed by atoms with Crippen molar-refractivity contribution < 1.29 is 5.11 Å². The highest BCUT2D eigenvalue weighted by atomic mass is 16.3. The van der Waals surface area contributed by atoms with E-state index in [1.807, 2.05) is 36.4 Å². The van der Waals surface area contributed by atoms with Gasteiger partial charge in [0, 0.05) is 30.1 Å². The Morgan fingerprint density at radius 2 is 2.00 bits per heavy atom. The Balaban J connectivity index is 1.46. The van der Waals surface area contributed by atoms with E-state index in [1.165, 1.54) is 5.56 Å². The van der Waals surface area contributed by atoms with Gasteiger partial charge in [0.05, 0.1) is 0 Å². The monoisotopic (exact) mass is 331 g/mol. The van der Waals surface area contributed by atoms with E-state index in [0.717, 1.165) is 24.1 Å². The van der Waals surface area contributed by atoms with Gasteiger partial charge in [-0.15, -0.1) is 0 Å². The summed E-state index contributed by atoms with van der Waals surface area (Å²) in [6.45, 7) is 0.723. The summed E-state index contributed by atoms with van der Waals surface area (Å²) in [6.07, 6.45) is 6.15. The molecule has 4 rings (SSSR count). The number of allylic oxidation sites excluding steroid dienone is 1. The summed E-state index contributed by atoms with van der Waals surface area (Å²) >= 11 is 0. The second kappa shape index (κ2) is 6.60. The third-order valence-electron chi connectivity index (χ3n) is 3.98. The van der Waals surface area contributed by atoms with E-state index in [1.54, 1.807) is 12.4 Å². The molecule has 1 aliphatic rings. The molecule has 0 saturated carbocycles. The van der Waals surface area contributed by atoms with Crippen LogP contribution >= 0.6 is 0 Å². The van der Waals surface area contributed by atoms with E-state index < -0.39 is 0 Å². The third-order valence-corrected chi connectivity index (χ3v) is 3.98. The van der Waals surface area contributed by atoms with Crippen LogP contribution in [0.4, 0.5) is 11.8 Å². The topological polar surface area (TPSA) is 86.2 Å². The van der Waals surface area contributed by atoms with Crippen molar-refractivity contribution in [2.24, 2.45) is 4.99 Å². The maximum Gasteiger partial charge on any atom is 0.238 e. The van der Waals surface area contributed by atoms with Gasteiger partial charge in [-0.25, -0.2) is 9.98 Å². The van der Waals surface area contributed by atoms with Crippen LogP contribution in [0.5, 0.6) is 5.88 Å². The molecule has 0 spiro atoms. The molecule has 1 aromatic carbocycles. The Morgan fingerprint density at radius 3 is 2.88 bits per heavy atom. The van der Waals surface area contributed by atoms with Crippen molar-refractivity contribution in [3.05, 3.63) is 65.5 Å². The summed E-state index contributed by atoms with van der Waals surface area (Å²) in [6, 6.07) is 14.0. The zero-order valence-electron chi connectivity index (χ0n) is 13.5. The van der Waals surface area contributed by atoms with E-state index in [2.05, 4.69) is 37.4 Å². The molecule has 0 fully saturated rings. The number of aliphatic imine (C=N–C) groups is 1. The zero-order valence-corrected chi connectivity index (χ0v) is 13.5. The number of aromatic amines is 1. The second-order valence-electron chi connectivity index (χ2n) is 5.72. The lowest BCUT2D eigenvalue weighted by Gasteiger charge is -2.02. The number of benzene rings is 1. The Kier molecular flexibility index (Phi) is 4.00. The SMILES string of the molecule is Oc1nc(NCCc2ccccc2)[nH]c1/C=C1/C=Nc2ncccc21. The van der Waals surface area contributed by atoms with Gasteiger partial charge >= 0.3 is 0 Å². The van der Waals surface area contributed by atoms with Crippen LogP contribution in [0.1, 0.15) is 16.8 Å². The Hall–Kier alpha value is -3.41. The molecule has 3 heterocycles. The predicted octanol–water partition coefficient (Wildman–Crippen LogP) is 3.42. The summed E-state index contributed by atoms with van der Waals surface area (Å²) < 4.78 is 0. The molecule has 2 aromatic heterocycles. The highest BCUT2D eigenvalue weighted by Crippen LogP contribution is 2.31. The molecular formula is C19H17N5O. The third kappa shape index (κ3) is 3.28. The van der Waals surface area contributed by atoms with Gasteiger partial charge in [-0.2, -0.15) is 4.98 Å². The molecule has 0 amide bonds. The van der Waals surface area contributed by atoms with Gasteiger partial charge < -0.3 is 15.4 Å². The largest absolute Gasteiger partial charge is 0.492 e. The molecule has 0 unspecified atom stereocenters. The lowest BCUT2D eigenvalue weighted by Crippen LogP contribution is -2.05. The minimum Gasteiger partial charge on any atom is -0.492 e. The van der Waals surface area contributed by atoms with Gasteiger partial charge in [-0.3, -0.25) is 0 Å². The van der Waals surface area contributed by atoms with E-state index in [9.17, 15) is 5.11 Å². The number of nitrogens with one attached hydrogen (secondary N) is 2. The Labute approximate surface area is 145 Å². The molecule has 6 nitrogen and oxygen atoms in total. The minimum atomic E-state index is -0.0412. The number of hydrogen-bond acceptors (Lipinski definition) is 5. The summed E-state index contributed by atoms with van der Waals surface area (Å²) in [7, 11) is 0. The normalized spacial score (nSPS) is 14.0. The summed E-state index contributed by atoms with van der Waals surface area (Å²) in [5, 5.41) is 13.3. The van der Waals surface area contributed by atoms with Crippen molar-refractivity contribution in [3.8, 4) is 5.88 Å². The minimum absolute atomic E-state index is 0.0412. The number of rotatable bonds is 5. The van der Waals surface area contributed by atoms with Crippen LogP contribution in [0.2, 0.25) is 0 Å². The van der Waals surface area contributed by atoms with Gasteiger partial charge in [0.2, 0.25) is 11.8 Å². The van der Waals surface area contributed by atoms with Crippen LogP contribution in [0, 0.1) is 0 Å². The van der Waals surface area contributed by atoms with Crippen molar-refractivity contribution in [1.29, 1.82) is 0 Å². The lowest BCUT2D eigenvalue weighted by atomic mass is 10.1. The molecule has 0 bridgehead atoms. The van der Waals surface area contributed by atoms with Gasteiger partial charge in [-0.1, -0.05) is 30.3 Å². The average molecular weight is 331 g/mol. The summed E-state index contributed by atoms with van der Waals surface area (Å²) in [5.41, 5.74) is 3.62. The number of aromatic nitrogens is 3. The molecule has 124 valence electrons. The maximum absolute atomic E-state index is 10.1. The van der Waals surface area contributed by atoms with Crippen molar-refractivity contribution in [3.63, 3.8) is 0 Å². The van der Waals surface area contributed by atoms with Crippen LogP contribution in [-0.2, 0) is 6.42 Å². The number of fused-ring (bicyclic) bond motifs is 1. The van der Waals surface area contributed by atoms with Gasteiger partial charge in [0.25, 0.3) is 0 Å². The van der Waals surface area contributed by atoms with Crippen molar-refractivity contribution in [1.82, 2.24) is 15.0 Å². The lowest BCUT2D eigenvalue weighted by molar-refractivity contribution is 0.455. The molecule has 3 N–H and O–H groups in total. The van der Waals surface area contributed by atoms with Crippen molar-refractivity contribution in [2.75, 3.05) is 11.9 Å². The highest BCUT2D eigenvalue weighted by molar-refractivity contribution is 6.20. The number of anilines is 1. The summed E-state index contributed by atoms with van der Waals surface area (Å²) in [4.78, 5) is 15.7. The Morgan fingerprint density at radius 1 is 1.12 bits per heavy atom. The average Bonchev–Trinajstić information content (AvgIpc) is 3.20. The van der Waals surface area contributed by atoms with Crippen LogP contribution < -0.4 is 5.32 Å². The number of aromatic hydroxyl groups is 1. The van der Waals surface area contributed by atoms with Gasteiger partial charge in [0.1, 0.15) is 5.69 Å². The quantitative estimate of drug-likeness (QED) is 0.668. The fourth-order valence-corrected chi connectivity index (χ4v) is 2.73. The van der Waals surface area contributed by atoms with E-state index in [-0.39, 0.29) is 5.88 Å². The van der Waals surface area contributed by atoms with Gasteiger partial charge in [-0.05, 0) is 30.2 Å². The fraction of sp³-hybridized carbons (Fsp3) is 0.105. The van der Waals surface area contributed by atoms with Crippen molar-refractivity contribution in [2.45, 2.75) is 6.42 Å². The number of H-pyrrole nitrogens is 1. The number of imidazole rings is 1. The standard InChI is InChI=1S/C19H17N5O/c25-18-16(11-14-12-22-17-15(14)7-4-9-20-17)23-19(24-18)21-10-8-13-5-2-1-3-6-13/h1-7,9,11-12,25H,8,10H2,(H2,21,23,24)/b14-11-. The zero-order chi connectivity index (χ0) is 17.1. The van der Waals surface area contributed by atoms with Crippen molar-refractivity contribution >= 4 is 29.6 Å². The summed E-state index contributed by atoms with van der Waals surface area (Å²) in [5.74, 6) is 1.19. The van der Waals surface area contributed by atoms with Crippen LogP contribution in [0.15, 0.2) is 53.7 Å². The molecule has 6 heteroatoms. The predicted molar refractivity (Wildman–Crippen MR) is 99.1 cm³/mol. The fourth-order valence-electron chi connectivity index (χ4n) is 2.73. The highest BCUT2D eigenvalue weighted by Gasteiger charge is 2.14. The molecule has 0 radical (unpaired) electrons. The molecule has 0 aliphatic carbocycles.